The summed E-state index contributed by atoms with van der Waals surface area (Å²) in [5, 5.41) is 0. The van der Waals surface area contributed by atoms with Crippen molar-refractivity contribution in [1.82, 2.24) is 0 Å². The summed E-state index contributed by atoms with van der Waals surface area (Å²) >= 11 is 4.74. The zero-order valence-electron chi connectivity index (χ0n) is 10.4. The van der Waals surface area contributed by atoms with Crippen molar-refractivity contribution in [3.05, 3.63) is 29.6 Å². The third-order valence-corrected chi connectivity index (χ3v) is 3.24. The number of rotatable bonds is 2. The van der Waals surface area contributed by atoms with Crippen LogP contribution in [0.4, 0.5) is 10.1 Å². The molecule has 0 unspecified atom stereocenters. The summed E-state index contributed by atoms with van der Waals surface area (Å²) < 4.78 is 13.5. The third kappa shape index (κ3) is 2.63. The molecule has 0 radical (unpaired) electrons. The number of nitrogens with zero attached hydrogens (tertiary/aromatic N) is 1. The van der Waals surface area contributed by atoms with Crippen LogP contribution in [-0.2, 0) is 9.59 Å². The maximum Gasteiger partial charge on any atom is 0.234 e. The first kappa shape index (κ1) is 13.6. The van der Waals surface area contributed by atoms with E-state index in [1.165, 1.54) is 12.1 Å². The van der Waals surface area contributed by atoms with Crippen molar-refractivity contribution in [2.45, 2.75) is 19.8 Å². The molecular weight excluding hydrogens is 267 g/mol. The van der Waals surface area contributed by atoms with Crippen LogP contribution in [0.5, 0.6) is 0 Å². The Hall–Kier alpha value is -1.82. The molecule has 2 rings (SSSR count). The van der Waals surface area contributed by atoms with E-state index in [9.17, 15) is 14.0 Å². The molecule has 0 aliphatic carbocycles. The van der Waals surface area contributed by atoms with E-state index in [-0.39, 0.29) is 28.3 Å². The predicted octanol–water partition coefficient (Wildman–Crippen LogP) is 1.75. The van der Waals surface area contributed by atoms with E-state index in [0.29, 0.717) is 18.5 Å². The number of carbonyl (C=O) groups is 2. The molecule has 1 saturated heterocycles. The highest BCUT2D eigenvalue weighted by Crippen LogP contribution is 2.26. The number of anilines is 1. The van der Waals surface area contributed by atoms with Crippen molar-refractivity contribution >= 4 is 34.7 Å². The molecule has 0 saturated carbocycles. The molecule has 0 aromatic heterocycles. The summed E-state index contributed by atoms with van der Waals surface area (Å²) in [5.74, 6) is -1.11. The number of nitrogens with two attached hydrogens (primary N) is 1. The lowest BCUT2D eigenvalue weighted by atomic mass is 9.97. The van der Waals surface area contributed by atoms with Gasteiger partial charge in [0.1, 0.15) is 10.8 Å². The molecule has 1 aromatic rings. The molecule has 1 fully saturated rings. The lowest BCUT2D eigenvalue weighted by Gasteiger charge is -2.28. The number of halogens is 1. The smallest absolute Gasteiger partial charge is 0.234 e. The van der Waals surface area contributed by atoms with Gasteiger partial charge >= 0.3 is 0 Å². The van der Waals surface area contributed by atoms with Gasteiger partial charge in [0.05, 0.1) is 5.69 Å². The van der Waals surface area contributed by atoms with Gasteiger partial charge in [0.25, 0.3) is 0 Å². The topological polar surface area (TPSA) is 63.4 Å². The molecule has 1 aliphatic heterocycles. The normalized spacial score (nSPS) is 16.8. The Morgan fingerprint density at radius 1 is 1.37 bits per heavy atom. The van der Waals surface area contributed by atoms with Gasteiger partial charge in [-0.3, -0.25) is 14.5 Å². The van der Waals surface area contributed by atoms with E-state index in [4.69, 9.17) is 18.0 Å². The van der Waals surface area contributed by atoms with Crippen LogP contribution in [0.15, 0.2) is 18.2 Å². The van der Waals surface area contributed by atoms with Crippen LogP contribution in [0.2, 0.25) is 0 Å². The molecule has 0 spiro atoms. The molecule has 19 heavy (non-hydrogen) atoms. The van der Waals surface area contributed by atoms with Gasteiger partial charge in [-0.2, -0.15) is 0 Å². The lowest BCUT2D eigenvalue weighted by molar-refractivity contribution is -0.130. The van der Waals surface area contributed by atoms with Gasteiger partial charge in [0.15, 0.2) is 0 Å². The quantitative estimate of drug-likeness (QED) is 0.662. The van der Waals surface area contributed by atoms with Gasteiger partial charge in [-0.1, -0.05) is 19.1 Å². The van der Waals surface area contributed by atoms with E-state index in [1.807, 2.05) is 6.92 Å². The average Bonchev–Trinajstić information content (AvgIpc) is 2.29. The summed E-state index contributed by atoms with van der Waals surface area (Å²) in [6.45, 7) is 1.85. The van der Waals surface area contributed by atoms with Crippen LogP contribution in [-0.4, -0.2) is 16.8 Å². The molecule has 2 N–H and O–H groups in total. The number of imide groups is 1. The largest absolute Gasteiger partial charge is 0.389 e. The molecule has 0 bridgehead atoms. The Morgan fingerprint density at radius 2 is 1.95 bits per heavy atom. The van der Waals surface area contributed by atoms with Crippen molar-refractivity contribution in [3.8, 4) is 0 Å². The van der Waals surface area contributed by atoms with Crippen molar-refractivity contribution in [2.24, 2.45) is 11.7 Å². The van der Waals surface area contributed by atoms with Crippen LogP contribution < -0.4 is 10.6 Å². The van der Waals surface area contributed by atoms with E-state index in [0.717, 1.165) is 11.0 Å². The van der Waals surface area contributed by atoms with Crippen LogP contribution in [0.1, 0.15) is 25.3 Å². The number of thiocarbonyl (C=S) groups is 1. The summed E-state index contributed by atoms with van der Waals surface area (Å²) in [5.41, 5.74) is 5.75. The summed E-state index contributed by atoms with van der Waals surface area (Å²) in [4.78, 5) is 24.8. The molecule has 1 aliphatic rings. The average molecular weight is 280 g/mol. The van der Waals surface area contributed by atoms with Crippen molar-refractivity contribution in [2.75, 3.05) is 4.90 Å². The van der Waals surface area contributed by atoms with Crippen LogP contribution in [0, 0.1) is 11.7 Å². The van der Waals surface area contributed by atoms with Gasteiger partial charge in [-0.15, -0.1) is 0 Å². The summed E-state index contributed by atoms with van der Waals surface area (Å²) in [6, 6.07) is 3.87. The Bertz CT molecular complexity index is 556. The fourth-order valence-corrected chi connectivity index (χ4v) is 2.28. The fraction of sp³-hybridized carbons (Fsp3) is 0.308. The Kier molecular flexibility index (Phi) is 3.61. The van der Waals surface area contributed by atoms with Crippen molar-refractivity contribution < 1.29 is 14.0 Å². The van der Waals surface area contributed by atoms with Gasteiger partial charge in [-0.05, 0) is 24.1 Å². The molecule has 0 atom stereocenters. The van der Waals surface area contributed by atoms with Crippen LogP contribution >= 0.6 is 12.2 Å². The van der Waals surface area contributed by atoms with Gasteiger partial charge in [0, 0.05) is 18.4 Å². The second-order valence-corrected chi connectivity index (χ2v) is 5.10. The number of hydrogen-bond acceptors (Lipinski definition) is 3. The first-order valence-electron chi connectivity index (χ1n) is 5.85. The first-order chi connectivity index (χ1) is 8.90. The Labute approximate surface area is 115 Å². The number of carbonyl (C=O) groups excluding carboxylic acids is 2. The zero-order valence-corrected chi connectivity index (χ0v) is 11.2. The van der Waals surface area contributed by atoms with Crippen LogP contribution in [0.25, 0.3) is 0 Å². The fourth-order valence-electron chi connectivity index (χ4n) is 2.12. The van der Waals surface area contributed by atoms with Gasteiger partial charge < -0.3 is 5.73 Å². The molecule has 1 aromatic carbocycles. The third-order valence-electron chi connectivity index (χ3n) is 3.02. The Balaban J connectivity index is 2.41. The van der Waals surface area contributed by atoms with Gasteiger partial charge in [-0.25, -0.2) is 4.39 Å². The summed E-state index contributed by atoms with van der Waals surface area (Å²) in [6.07, 6.45) is 0.594. The highest BCUT2D eigenvalue weighted by molar-refractivity contribution is 7.80. The first-order valence-corrected chi connectivity index (χ1v) is 6.26. The maximum absolute atomic E-state index is 13.5. The minimum absolute atomic E-state index is 0.0340. The molecule has 100 valence electrons. The number of amides is 2. The molecular formula is C13H13FN2O2S. The monoisotopic (exact) mass is 280 g/mol. The highest BCUT2D eigenvalue weighted by Gasteiger charge is 2.31. The number of piperidine rings is 1. The standard InChI is InChI=1S/C13H13FN2O2S/c1-7-4-11(17)16(12(18)5-7)8-2-3-10(14)9(6-8)13(15)19/h2-3,6-7H,4-5H2,1H3,(H2,15,19). The number of benzene rings is 1. The summed E-state index contributed by atoms with van der Waals surface area (Å²) in [7, 11) is 0. The second-order valence-electron chi connectivity index (χ2n) is 4.66. The second kappa shape index (κ2) is 5.05. The molecule has 1 heterocycles. The minimum Gasteiger partial charge on any atom is -0.389 e. The lowest BCUT2D eigenvalue weighted by Crippen LogP contribution is -2.43. The zero-order chi connectivity index (χ0) is 14.2. The SMILES string of the molecule is CC1CC(=O)N(c2ccc(F)c(C(N)=S)c2)C(=O)C1. The predicted molar refractivity (Wildman–Crippen MR) is 73.2 cm³/mol. The maximum atomic E-state index is 13.5. The molecule has 4 nitrogen and oxygen atoms in total. The van der Waals surface area contributed by atoms with Crippen LogP contribution in [0.3, 0.4) is 0 Å². The molecule has 6 heteroatoms. The number of hydrogen-bond donors (Lipinski definition) is 1. The minimum atomic E-state index is -0.568. The highest BCUT2D eigenvalue weighted by atomic mass is 32.1. The van der Waals surface area contributed by atoms with E-state index >= 15 is 0 Å². The van der Waals surface area contributed by atoms with Gasteiger partial charge in [0.2, 0.25) is 11.8 Å². The van der Waals surface area contributed by atoms with E-state index < -0.39 is 5.82 Å². The Morgan fingerprint density at radius 3 is 2.47 bits per heavy atom. The molecule has 2 amide bonds. The van der Waals surface area contributed by atoms with Crippen molar-refractivity contribution in [1.29, 1.82) is 0 Å². The van der Waals surface area contributed by atoms with Crippen molar-refractivity contribution in [3.63, 3.8) is 0 Å². The van der Waals surface area contributed by atoms with E-state index in [1.54, 1.807) is 0 Å². The van der Waals surface area contributed by atoms with E-state index in [2.05, 4.69) is 0 Å².